The molecule has 15 heteroatoms. The molecule has 4 aliphatic heterocycles. The summed E-state index contributed by atoms with van der Waals surface area (Å²) in [5.41, 5.74) is 9.10. The molecule has 0 bridgehead atoms. The number of H-pyrrole nitrogens is 1. The van der Waals surface area contributed by atoms with Gasteiger partial charge in [-0.2, -0.15) is 0 Å². The fourth-order valence-corrected chi connectivity index (χ4v) is 10.1. The largest absolute Gasteiger partial charge is 0.488 e. The first-order valence-corrected chi connectivity index (χ1v) is 23.3. The van der Waals surface area contributed by atoms with Crippen molar-refractivity contribution in [2.75, 3.05) is 26.9 Å². The average Bonchev–Trinajstić information content (AvgIpc) is 4.15. The van der Waals surface area contributed by atoms with Crippen LogP contribution in [0, 0.1) is 11.8 Å². The van der Waals surface area contributed by atoms with Gasteiger partial charge in [-0.1, -0.05) is 62.4 Å². The SMILES string of the molecule is CC1=Nc2ccc3cc4c(cc3c2C1)OCc1cc(-c2cnc([C@@H]3C[C@H](CCO)CN3C(=O)[C@H](NC(=O)CO)c3ccccc3)[nH]2)ccc1-4.COC(=O)N[C@H](C(=O)N1[C@H](C)CC[C@@H]1C)C(C)C. The number of imidazole rings is 1. The van der Waals surface area contributed by atoms with Gasteiger partial charge in [0.2, 0.25) is 17.7 Å². The van der Waals surface area contributed by atoms with E-state index < -0.39 is 30.7 Å². The van der Waals surface area contributed by atoms with E-state index in [4.69, 9.17) is 9.72 Å². The number of fused-ring (bicyclic) bond motifs is 6. The van der Waals surface area contributed by atoms with Gasteiger partial charge in [0.1, 0.15) is 36.9 Å². The zero-order chi connectivity index (χ0) is 47.5. The summed E-state index contributed by atoms with van der Waals surface area (Å²) in [5.74, 6) is 0.687. The van der Waals surface area contributed by atoms with Gasteiger partial charge in [0, 0.05) is 42.9 Å². The number of rotatable bonds is 11. The van der Waals surface area contributed by atoms with E-state index in [0.717, 1.165) is 64.4 Å². The number of aliphatic imine (C=N–C) groups is 1. The molecule has 0 aliphatic carbocycles. The molecule has 5 heterocycles. The number of aliphatic hydroxyl groups excluding tert-OH is 2. The van der Waals surface area contributed by atoms with E-state index in [1.165, 1.54) is 23.4 Å². The van der Waals surface area contributed by atoms with Crippen LogP contribution in [-0.2, 0) is 32.1 Å². The van der Waals surface area contributed by atoms with Crippen LogP contribution in [0.25, 0.3) is 33.2 Å². The Morgan fingerprint density at radius 1 is 0.940 bits per heavy atom. The monoisotopic (exact) mass is 911 g/mol. The van der Waals surface area contributed by atoms with E-state index in [-0.39, 0.29) is 48.4 Å². The number of hydrogen-bond acceptors (Lipinski definition) is 10. The van der Waals surface area contributed by atoms with Gasteiger partial charge < -0.3 is 45.1 Å². The van der Waals surface area contributed by atoms with Gasteiger partial charge in [0.25, 0.3) is 0 Å². The van der Waals surface area contributed by atoms with Crippen molar-refractivity contribution in [3.05, 3.63) is 102 Å². The maximum absolute atomic E-state index is 14.1. The van der Waals surface area contributed by atoms with Gasteiger partial charge >= 0.3 is 6.09 Å². The second-order valence-corrected chi connectivity index (χ2v) is 18.6. The number of benzene rings is 4. The highest BCUT2D eigenvalue weighted by molar-refractivity contribution is 6.03. The maximum atomic E-state index is 14.1. The van der Waals surface area contributed by atoms with Crippen LogP contribution in [0.3, 0.4) is 0 Å². The van der Waals surface area contributed by atoms with Crippen LogP contribution in [0.1, 0.15) is 94.9 Å². The van der Waals surface area contributed by atoms with Crippen molar-refractivity contribution in [1.82, 2.24) is 30.4 Å². The quantitative estimate of drug-likeness (QED) is 0.0901. The third-order valence-corrected chi connectivity index (χ3v) is 13.6. The number of ether oxygens (including phenoxy) is 2. The fraction of sp³-hybridized carbons (Fsp3) is 0.423. The molecule has 5 aromatic rings. The van der Waals surface area contributed by atoms with Gasteiger partial charge in [-0.3, -0.25) is 19.4 Å². The number of carbonyl (C=O) groups is 4. The predicted molar refractivity (Wildman–Crippen MR) is 256 cm³/mol. The average molecular weight is 912 g/mol. The molecule has 9 rings (SSSR count). The summed E-state index contributed by atoms with van der Waals surface area (Å²) < 4.78 is 10.9. The number of hydrogen-bond donors (Lipinski definition) is 5. The van der Waals surface area contributed by atoms with Crippen LogP contribution in [0.4, 0.5) is 10.5 Å². The Morgan fingerprint density at radius 2 is 1.70 bits per heavy atom. The summed E-state index contributed by atoms with van der Waals surface area (Å²) in [6, 6.07) is 22.6. The second kappa shape index (κ2) is 20.1. The third kappa shape index (κ3) is 9.80. The lowest BCUT2D eigenvalue weighted by Gasteiger charge is -2.32. The van der Waals surface area contributed by atoms with Gasteiger partial charge in [0.15, 0.2) is 0 Å². The molecular weight excluding hydrogens is 851 g/mol. The highest BCUT2D eigenvalue weighted by Crippen LogP contribution is 2.45. The third-order valence-electron chi connectivity index (χ3n) is 13.6. The zero-order valence-corrected chi connectivity index (χ0v) is 39.0. The molecule has 67 heavy (non-hydrogen) atoms. The molecule has 4 aliphatic rings. The summed E-state index contributed by atoms with van der Waals surface area (Å²) in [4.78, 5) is 66.8. The van der Waals surface area contributed by atoms with E-state index in [1.807, 2.05) is 36.9 Å². The van der Waals surface area contributed by atoms with E-state index >= 15 is 0 Å². The zero-order valence-electron chi connectivity index (χ0n) is 39.0. The molecule has 4 amide bonds. The Kier molecular flexibility index (Phi) is 14.1. The number of aromatic amines is 1. The molecule has 0 radical (unpaired) electrons. The first-order chi connectivity index (χ1) is 32.3. The van der Waals surface area contributed by atoms with Crippen molar-refractivity contribution in [1.29, 1.82) is 0 Å². The number of carbonyl (C=O) groups excluding carboxylic acids is 4. The smallest absolute Gasteiger partial charge is 0.407 e. The molecule has 6 atom stereocenters. The standard InChI is InChI=1S/C39H37N5O5.C13H24N2O3/c1-22-13-30-29-17-35-31(16-25(29)8-10-32(30)41-22)28-9-7-26(15-27(28)21-49-35)33-18-40-38(42-33)34-14-23(11-12-45)19-44(34)39(48)37(43-36(47)20-46)24-5-3-2-4-6-24;1-8(2)11(14-13(17)18-5)12(16)15-9(3)6-7-10(15)4/h2-10,15-18,23,34,37,45-46H,11-14,19-21H2,1H3,(H,40,42)(H,43,47);8-11H,6-7H2,1-5H3,(H,14,17)/t23-,34-,37+;9-,10+,11-/m00/s1. The lowest BCUT2D eigenvalue weighted by Crippen LogP contribution is -2.53. The van der Waals surface area contributed by atoms with Crippen molar-refractivity contribution in [2.24, 2.45) is 16.8 Å². The maximum Gasteiger partial charge on any atom is 0.407 e. The Balaban J connectivity index is 0.000000286. The normalized spacial score (nSPS) is 20.2. The number of likely N-dealkylation sites (tertiary alicyclic amines) is 2. The number of aromatic nitrogens is 2. The van der Waals surface area contributed by atoms with E-state index in [1.54, 1.807) is 23.2 Å². The van der Waals surface area contributed by atoms with Crippen molar-refractivity contribution < 1.29 is 38.9 Å². The van der Waals surface area contributed by atoms with Crippen molar-refractivity contribution in [3.63, 3.8) is 0 Å². The summed E-state index contributed by atoms with van der Waals surface area (Å²) in [5, 5.41) is 26.9. The highest BCUT2D eigenvalue weighted by Gasteiger charge is 2.41. The Bertz CT molecular complexity index is 2670. The van der Waals surface area contributed by atoms with Crippen molar-refractivity contribution >= 4 is 46.0 Å². The van der Waals surface area contributed by atoms with Gasteiger partial charge in [-0.25, -0.2) is 9.78 Å². The Hall–Kier alpha value is -6.58. The Morgan fingerprint density at radius 3 is 2.40 bits per heavy atom. The molecule has 0 unspecified atom stereocenters. The van der Waals surface area contributed by atoms with E-state index in [2.05, 4.69) is 88.6 Å². The first-order valence-electron chi connectivity index (χ1n) is 23.3. The van der Waals surface area contributed by atoms with Crippen LogP contribution in [-0.4, -0.2) is 105 Å². The number of aliphatic hydroxyl groups is 2. The minimum Gasteiger partial charge on any atom is -0.488 e. The van der Waals surface area contributed by atoms with Crippen LogP contribution >= 0.6 is 0 Å². The van der Waals surface area contributed by atoms with E-state index in [0.29, 0.717) is 37.4 Å². The van der Waals surface area contributed by atoms with Crippen LogP contribution in [0.2, 0.25) is 0 Å². The number of nitrogens with zero attached hydrogens (tertiary/aromatic N) is 4. The molecule has 2 saturated heterocycles. The van der Waals surface area contributed by atoms with Gasteiger partial charge in [-0.05, 0) is 121 Å². The van der Waals surface area contributed by atoms with Crippen LogP contribution < -0.4 is 15.4 Å². The molecule has 2 fully saturated rings. The number of amides is 4. The molecule has 0 saturated carbocycles. The molecule has 352 valence electrons. The summed E-state index contributed by atoms with van der Waals surface area (Å²) >= 11 is 0. The van der Waals surface area contributed by atoms with Gasteiger partial charge in [-0.15, -0.1) is 0 Å². The van der Waals surface area contributed by atoms with E-state index in [9.17, 15) is 29.4 Å². The Labute approximate surface area is 391 Å². The van der Waals surface area contributed by atoms with Crippen molar-refractivity contribution in [2.45, 2.75) is 104 Å². The fourth-order valence-electron chi connectivity index (χ4n) is 10.1. The first kappa shape index (κ1) is 46.9. The minimum atomic E-state index is -0.968. The number of methoxy groups -OCH3 is 1. The molecule has 0 spiro atoms. The molecule has 4 aromatic carbocycles. The van der Waals surface area contributed by atoms with Crippen molar-refractivity contribution in [3.8, 4) is 28.1 Å². The summed E-state index contributed by atoms with van der Waals surface area (Å²) in [7, 11) is 1.30. The summed E-state index contributed by atoms with van der Waals surface area (Å²) in [6.07, 6.45) is 5.31. The van der Waals surface area contributed by atoms with Gasteiger partial charge in [0.05, 0.1) is 30.7 Å². The predicted octanol–water partition coefficient (Wildman–Crippen LogP) is 7.33. The molecular formula is C52H61N7O8. The number of nitrogens with one attached hydrogen (secondary N) is 3. The molecule has 15 nitrogen and oxygen atoms in total. The highest BCUT2D eigenvalue weighted by atomic mass is 16.5. The molecule has 5 N–H and O–H groups in total. The number of alkyl carbamates (subject to hydrolysis) is 1. The second-order valence-electron chi connectivity index (χ2n) is 18.6. The van der Waals surface area contributed by atoms with Crippen LogP contribution in [0.5, 0.6) is 5.75 Å². The summed E-state index contributed by atoms with van der Waals surface area (Å²) in [6.45, 7) is 10.2. The lowest BCUT2D eigenvalue weighted by molar-refractivity contribution is -0.138. The van der Waals surface area contributed by atoms with Crippen LogP contribution in [0.15, 0.2) is 84.0 Å². The minimum absolute atomic E-state index is 0.00657. The molecule has 1 aromatic heterocycles. The topological polar surface area (TPSA) is 199 Å². The lowest BCUT2D eigenvalue weighted by atomic mass is 9.91.